The van der Waals surface area contributed by atoms with E-state index in [2.05, 4.69) is 66.5 Å². The molecule has 0 aromatic rings. The maximum atomic E-state index is 3.91. The molecule has 0 heterocycles. The van der Waals surface area contributed by atoms with Crippen molar-refractivity contribution in [2.45, 2.75) is 72.6 Å². The summed E-state index contributed by atoms with van der Waals surface area (Å²) in [6.45, 7) is 20.9. The number of hydrogen-bond acceptors (Lipinski definition) is 1. The molecule has 1 aliphatic rings. The molecule has 1 rings (SSSR count). The number of allylic oxidation sites excluding steroid dienone is 4. The summed E-state index contributed by atoms with van der Waals surface area (Å²) in [6, 6.07) is 0. The summed E-state index contributed by atoms with van der Waals surface area (Å²) < 4.78 is 0. The Morgan fingerprint density at radius 2 is 1.15 bits per heavy atom. The first-order chi connectivity index (χ1) is 7.47. The van der Waals surface area contributed by atoms with Gasteiger partial charge in [0.25, 0.3) is 0 Å². The monoisotopic (exact) mass is 329 g/mol. The van der Waals surface area contributed by atoms with Gasteiger partial charge in [-0.05, 0) is 59.6 Å². The normalized spacial score (nSPS) is 16.6. The summed E-state index contributed by atoms with van der Waals surface area (Å²) in [5, 5.41) is 0. The van der Waals surface area contributed by atoms with Gasteiger partial charge in [0, 0.05) is 11.1 Å². The summed E-state index contributed by atoms with van der Waals surface area (Å²) in [6.07, 6.45) is 0. The molecule has 1 nitrogen and oxygen atoms in total. The minimum absolute atomic E-state index is 0. The van der Waals surface area contributed by atoms with E-state index >= 15 is 0 Å². The molecule has 0 unspecified atom stereocenters. The van der Waals surface area contributed by atoms with E-state index in [1.165, 1.54) is 11.1 Å². The first-order valence-electron chi connectivity index (χ1n) is 6.62. The fourth-order valence-corrected chi connectivity index (χ4v) is 8.15. The molecule has 0 amide bonds. The van der Waals surface area contributed by atoms with Crippen LogP contribution in [-0.2, 0) is 21.7 Å². The van der Waals surface area contributed by atoms with Gasteiger partial charge >= 0.3 is 21.7 Å². The van der Waals surface area contributed by atoms with E-state index in [1.54, 1.807) is 11.1 Å². The fourth-order valence-electron chi connectivity index (χ4n) is 3.47. The Balaban J connectivity index is -0.000000963. The molecule has 0 aromatic carbocycles. The zero-order valence-corrected chi connectivity index (χ0v) is 18.1. The van der Waals surface area contributed by atoms with Gasteiger partial charge in [0.2, 0.25) is 0 Å². The van der Waals surface area contributed by atoms with Crippen molar-refractivity contribution in [3.8, 4) is 0 Å². The first kappa shape index (κ1) is 25.3. The van der Waals surface area contributed by atoms with Crippen molar-refractivity contribution in [3.05, 3.63) is 37.1 Å². The Morgan fingerprint density at radius 1 is 0.850 bits per heavy atom. The summed E-state index contributed by atoms with van der Waals surface area (Å²) in [5.41, 5.74) is 7.09. The van der Waals surface area contributed by atoms with E-state index in [1.807, 2.05) is 0 Å². The van der Waals surface area contributed by atoms with E-state index in [-0.39, 0.29) is 42.1 Å². The molecule has 0 aliphatic heterocycles. The maximum absolute atomic E-state index is 3.91. The van der Waals surface area contributed by atoms with E-state index in [0.29, 0.717) is 5.54 Å². The average Bonchev–Trinajstić information content (AvgIpc) is 2.27. The molecule has 1 aliphatic carbocycles. The maximum Gasteiger partial charge on any atom is 2.00 e. The minimum atomic E-state index is -1.48. The van der Waals surface area contributed by atoms with Crippen molar-refractivity contribution in [1.82, 2.24) is 4.98 Å². The first-order valence-corrected chi connectivity index (χ1v) is 9.69. The van der Waals surface area contributed by atoms with Gasteiger partial charge in [0.15, 0.2) is 0 Å². The van der Waals surface area contributed by atoms with Gasteiger partial charge in [0.1, 0.15) is 8.24 Å². The third-order valence-corrected chi connectivity index (χ3v) is 7.73. The van der Waals surface area contributed by atoms with E-state index in [4.69, 9.17) is 0 Å². The second-order valence-electron chi connectivity index (χ2n) is 7.15. The summed E-state index contributed by atoms with van der Waals surface area (Å²) >= 11 is 0. The van der Waals surface area contributed by atoms with Crippen LogP contribution in [0.3, 0.4) is 0 Å². The molecule has 0 fully saturated rings. The second kappa shape index (κ2) is 8.12. The standard InChI is InChI=1S/C15H29NSi.2CH3.Ti/c1-10-11(2)13(4)14(12(10)3)17(8,9)16-15(5,6)7;;;/h14,16H,1-9H3;2*1H3;/q;2*-1;+2. The smallest absolute Gasteiger partial charge is 0.358 e. The minimum Gasteiger partial charge on any atom is -0.358 e. The third-order valence-electron chi connectivity index (χ3n) is 4.03. The topological polar surface area (TPSA) is 12.0 Å². The van der Waals surface area contributed by atoms with Crippen molar-refractivity contribution in [1.29, 1.82) is 0 Å². The Labute approximate surface area is 144 Å². The van der Waals surface area contributed by atoms with Crippen molar-refractivity contribution in [2.24, 2.45) is 0 Å². The van der Waals surface area contributed by atoms with Gasteiger partial charge in [-0.2, -0.15) is 0 Å². The summed E-state index contributed by atoms with van der Waals surface area (Å²) in [4.78, 5) is 3.91. The number of hydrogen-bond donors (Lipinski definition) is 1. The number of nitrogens with one attached hydrogen (secondary N) is 1. The Kier molecular flexibility index (Phi) is 10.3. The van der Waals surface area contributed by atoms with Crippen molar-refractivity contribution in [2.75, 3.05) is 0 Å². The predicted molar refractivity (Wildman–Crippen MR) is 93.7 cm³/mol. The third kappa shape index (κ3) is 5.29. The molecular weight excluding hydrogens is 294 g/mol. The van der Waals surface area contributed by atoms with Crippen LogP contribution in [0.1, 0.15) is 48.5 Å². The average molecular weight is 329 g/mol. The van der Waals surface area contributed by atoms with Crippen LogP contribution < -0.4 is 4.98 Å². The van der Waals surface area contributed by atoms with Gasteiger partial charge in [0.05, 0.1) is 0 Å². The zero-order chi connectivity index (χ0) is 13.6. The van der Waals surface area contributed by atoms with Crippen LogP contribution in [0.25, 0.3) is 0 Å². The van der Waals surface area contributed by atoms with Gasteiger partial charge in [-0.25, -0.2) is 0 Å². The van der Waals surface area contributed by atoms with Crippen LogP contribution in [-0.4, -0.2) is 13.8 Å². The predicted octanol–water partition coefficient (Wildman–Crippen LogP) is 5.53. The molecule has 0 bridgehead atoms. The van der Waals surface area contributed by atoms with Crippen LogP contribution in [0, 0.1) is 14.9 Å². The number of rotatable bonds is 2. The Bertz CT molecular complexity index is 362. The van der Waals surface area contributed by atoms with E-state index < -0.39 is 8.24 Å². The summed E-state index contributed by atoms with van der Waals surface area (Å²) in [5.74, 6) is 0. The molecule has 0 saturated carbocycles. The quantitative estimate of drug-likeness (QED) is 0.518. The zero-order valence-electron chi connectivity index (χ0n) is 15.6. The van der Waals surface area contributed by atoms with Gasteiger partial charge in [-0.1, -0.05) is 24.2 Å². The molecule has 0 saturated heterocycles. The van der Waals surface area contributed by atoms with Crippen LogP contribution in [0.4, 0.5) is 0 Å². The van der Waals surface area contributed by atoms with Gasteiger partial charge < -0.3 is 19.8 Å². The second-order valence-corrected chi connectivity index (χ2v) is 11.4. The van der Waals surface area contributed by atoms with Crippen molar-refractivity contribution in [3.63, 3.8) is 0 Å². The molecule has 116 valence electrons. The molecule has 0 radical (unpaired) electrons. The molecule has 0 aromatic heterocycles. The van der Waals surface area contributed by atoms with Gasteiger partial charge in [-0.3, -0.25) is 0 Å². The molecule has 0 spiro atoms. The van der Waals surface area contributed by atoms with Gasteiger partial charge in [-0.15, -0.1) is 0 Å². The van der Waals surface area contributed by atoms with Crippen LogP contribution in [0.15, 0.2) is 22.3 Å². The Hall–Kier alpha value is 0.371. The van der Waals surface area contributed by atoms with Crippen molar-refractivity contribution >= 4 is 8.24 Å². The van der Waals surface area contributed by atoms with Crippen molar-refractivity contribution < 1.29 is 21.7 Å². The largest absolute Gasteiger partial charge is 2.00 e. The Morgan fingerprint density at radius 3 is 1.40 bits per heavy atom. The SMILES string of the molecule is CC1=C(C)C([Si](C)(C)NC(C)(C)C)C(C)=C1C.[CH3-].[CH3-].[Ti+2]. The van der Waals surface area contributed by atoms with Crippen LogP contribution in [0.2, 0.25) is 18.6 Å². The summed E-state index contributed by atoms with van der Waals surface area (Å²) in [7, 11) is -1.48. The van der Waals surface area contributed by atoms with Crippen LogP contribution in [0.5, 0.6) is 0 Å². The van der Waals surface area contributed by atoms with E-state index in [0.717, 1.165) is 0 Å². The fraction of sp³-hybridized carbons (Fsp3) is 0.647. The van der Waals surface area contributed by atoms with E-state index in [9.17, 15) is 0 Å². The molecule has 3 heteroatoms. The van der Waals surface area contributed by atoms with Crippen LogP contribution >= 0.6 is 0 Å². The molecular formula is C17H35NSiTi. The molecule has 0 atom stereocenters. The molecule has 1 N–H and O–H groups in total. The molecule has 20 heavy (non-hydrogen) atoms.